The van der Waals surface area contributed by atoms with Gasteiger partial charge < -0.3 is 10.1 Å². The fraction of sp³-hybridized carbons (Fsp3) is 0.467. The van der Waals surface area contributed by atoms with E-state index in [4.69, 9.17) is 4.74 Å². The van der Waals surface area contributed by atoms with E-state index in [1.807, 2.05) is 13.8 Å². The minimum Gasteiger partial charge on any atom is -0.489 e. The van der Waals surface area contributed by atoms with Crippen LogP contribution >= 0.6 is 0 Å². The molecule has 1 N–H and O–H groups in total. The molecule has 0 bridgehead atoms. The van der Waals surface area contributed by atoms with Crippen LogP contribution in [-0.4, -0.2) is 13.2 Å². The molecule has 0 fully saturated rings. The Bertz CT molecular complexity index is 403. The van der Waals surface area contributed by atoms with Crippen LogP contribution in [0, 0.1) is 5.82 Å². The highest BCUT2D eigenvalue weighted by Gasteiger charge is 2.11. The topological polar surface area (TPSA) is 21.3 Å². The van der Waals surface area contributed by atoms with Gasteiger partial charge in [0.2, 0.25) is 0 Å². The van der Waals surface area contributed by atoms with Gasteiger partial charge in [-0.05, 0) is 38.5 Å². The fourth-order valence-corrected chi connectivity index (χ4v) is 1.63. The van der Waals surface area contributed by atoms with E-state index in [2.05, 4.69) is 18.8 Å². The van der Waals surface area contributed by atoms with Crippen LogP contribution in [0.2, 0.25) is 0 Å². The summed E-state index contributed by atoms with van der Waals surface area (Å²) in [6, 6.07) is 5.02. The summed E-state index contributed by atoms with van der Waals surface area (Å²) in [7, 11) is 0. The molecule has 0 aromatic heterocycles. The highest BCUT2D eigenvalue weighted by molar-refractivity contribution is 5.30. The summed E-state index contributed by atoms with van der Waals surface area (Å²) in [5, 5.41) is 3.26. The van der Waals surface area contributed by atoms with Crippen molar-refractivity contribution in [2.75, 3.05) is 13.2 Å². The molecular weight excluding hydrogens is 229 g/mol. The summed E-state index contributed by atoms with van der Waals surface area (Å²) in [6.45, 7) is 11.0. The van der Waals surface area contributed by atoms with E-state index in [1.54, 1.807) is 12.1 Å². The van der Waals surface area contributed by atoms with Crippen LogP contribution in [0.15, 0.2) is 30.4 Å². The van der Waals surface area contributed by atoms with E-state index in [-0.39, 0.29) is 11.9 Å². The molecule has 0 saturated heterocycles. The van der Waals surface area contributed by atoms with Crippen LogP contribution in [0.25, 0.3) is 0 Å². The van der Waals surface area contributed by atoms with Gasteiger partial charge in [0, 0.05) is 17.7 Å². The van der Waals surface area contributed by atoms with Gasteiger partial charge >= 0.3 is 0 Å². The van der Waals surface area contributed by atoms with Gasteiger partial charge in [0.15, 0.2) is 0 Å². The minimum absolute atomic E-state index is 0.0140. The van der Waals surface area contributed by atoms with Crippen molar-refractivity contribution in [3.8, 4) is 5.75 Å². The second-order valence-electron chi connectivity index (χ2n) is 4.60. The van der Waals surface area contributed by atoms with Crippen LogP contribution in [0.3, 0.4) is 0 Å². The first kappa shape index (κ1) is 14.7. The lowest BCUT2D eigenvalue weighted by molar-refractivity contribution is 0.350. The van der Waals surface area contributed by atoms with Crippen LogP contribution in [-0.2, 0) is 0 Å². The molecule has 0 aliphatic heterocycles. The Hall–Kier alpha value is -1.35. The maximum absolute atomic E-state index is 13.9. The lowest BCUT2D eigenvalue weighted by Crippen LogP contribution is -2.20. The maximum Gasteiger partial charge on any atom is 0.131 e. The van der Waals surface area contributed by atoms with E-state index in [0.717, 1.165) is 18.5 Å². The minimum atomic E-state index is -0.231. The second-order valence-corrected chi connectivity index (χ2v) is 4.60. The van der Waals surface area contributed by atoms with Crippen LogP contribution < -0.4 is 10.1 Å². The summed E-state index contributed by atoms with van der Waals surface area (Å²) < 4.78 is 19.3. The van der Waals surface area contributed by atoms with Gasteiger partial charge in [-0.2, -0.15) is 0 Å². The van der Waals surface area contributed by atoms with E-state index in [9.17, 15) is 4.39 Å². The Morgan fingerprint density at radius 3 is 2.78 bits per heavy atom. The van der Waals surface area contributed by atoms with Crippen molar-refractivity contribution in [1.29, 1.82) is 0 Å². The molecule has 0 spiro atoms. The van der Waals surface area contributed by atoms with Gasteiger partial charge in [-0.1, -0.05) is 19.6 Å². The molecule has 0 aliphatic carbocycles. The number of nitrogens with one attached hydrogen (secondary N) is 1. The normalized spacial score (nSPS) is 12.2. The molecule has 0 radical (unpaired) electrons. The monoisotopic (exact) mass is 251 g/mol. The number of ether oxygens (including phenoxy) is 1. The molecule has 0 aliphatic rings. The van der Waals surface area contributed by atoms with Gasteiger partial charge in [-0.25, -0.2) is 4.39 Å². The molecule has 0 heterocycles. The lowest BCUT2D eigenvalue weighted by atomic mass is 10.1. The molecule has 1 rings (SSSR count). The average Bonchev–Trinajstić information content (AvgIpc) is 2.33. The summed E-state index contributed by atoms with van der Waals surface area (Å²) in [5.74, 6) is 0.312. The maximum atomic E-state index is 13.9. The zero-order valence-electron chi connectivity index (χ0n) is 11.4. The largest absolute Gasteiger partial charge is 0.489 e. The Morgan fingerprint density at radius 1 is 1.50 bits per heavy atom. The first-order chi connectivity index (χ1) is 8.54. The number of halogens is 1. The molecule has 1 atom stereocenters. The molecule has 1 aromatic carbocycles. The Morgan fingerprint density at radius 2 is 2.22 bits per heavy atom. The van der Waals surface area contributed by atoms with Gasteiger partial charge in [0.25, 0.3) is 0 Å². The van der Waals surface area contributed by atoms with E-state index >= 15 is 0 Å². The van der Waals surface area contributed by atoms with Crippen molar-refractivity contribution >= 4 is 0 Å². The Labute approximate surface area is 109 Å². The average molecular weight is 251 g/mol. The third-order valence-electron chi connectivity index (χ3n) is 2.62. The first-order valence-corrected chi connectivity index (χ1v) is 6.34. The number of benzene rings is 1. The smallest absolute Gasteiger partial charge is 0.131 e. The molecule has 0 saturated carbocycles. The standard InChI is InChI=1S/C15H22FNO/c1-5-8-17-12(4)14-7-6-13(9-15(14)16)18-10-11(2)3/h6-7,9,12,17H,2,5,8,10H2,1,3-4H3. The van der Waals surface area contributed by atoms with Crippen LogP contribution in [0.1, 0.15) is 38.8 Å². The van der Waals surface area contributed by atoms with Crippen molar-refractivity contribution in [2.45, 2.75) is 33.2 Å². The predicted molar refractivity (Wildman–Crippen MR) is 73.4 cm³/mol. The molecule has 2 nitrogen and oxygen atoms in total. The lowest BCUT2D eigenvalue weighted by Gasteiger charge is -2.15. The summed E-state index contributed by atoms with van der Waals surface area (Å²) in [4.78, 5) is 0. The summed E-state index contributed by atoms with van der Waals surface area (Å²) in [5.41, 5.74) is 1.59. The van der Waals surface area contributed by atoms with Crippen molar-refractivity contribution < 1.29 is 9.13 Å². The van der Waals surface area contributed by atoms with E-state index in [1.165, 1.54) is 6.07 Å². The zero-order chi connectivity index (χ0) is 13.5. The van der Waals surface area contributed by atoms with Gasteiger partial charge in [-0.3, -0.25) is 0 Å². The van der Waals surface area contributed by atoms with Crippen molar-refractivity contribution in [3.05, 3.63) is 41.7 Å². The SMILES string of the molecule is C=C(C)COc1ccc(C(C)NCCC)c(F)c1. The molecule has 18 heavy (non-hydrogen) atoms. The Balaban J connectivity index is 2.69. The second kappa shape index (κ2) is 7.17. The van der Waals surface area contributed by atoms with Gasteiger partial charge in [-0.15, -0.1) is 0 Å². The first-order valence-electron chi connectivity index (χ1n) is 6.34. The predicted octanol–water partition coefficient (Wildman–Crippen LogP) is 3.84. The summed E-state index contributed by atoms with van der Waals surface area (Å²) >= 11 is 0. The summed E-state index contributed by atoms with van der Waals surface area (Å²) in [6.07, 6.45) is 1.03. The molecule has 0 amide bonds. The Kier molecular flexibility index (Phi) is 5.86. The highest BCUT2D eigenvalue weighted by atomic mass is 19.1. The van der Waals surface area contributed by atoms with Crippen LogP contribution in [0.5, 0.6) is 5.75 Å². The van der Waals surface area contributed by atoms with Crippen molar-refractivity contribution in [2.24, 2.45) is 0 Å². The number of rotatable bonds is 7. The van der Waals surface area contributed by atoms with Crippen molar-refractivity contribution in [1.82, 2.24) is 5.32 Å². The molecule has 100 valence electrons. The van der Waals surface area contributed by atoms with Gasteiger partial charge in [0.05, 0.1) is 0 Å². The third-order valence-corrected chi connectivity index (χ3v) is 2.62. The molecular formula is C15H22FNO. The number of hydrogen-bond acceptors (Lipinski definition) is 2. The van der Waals surface area contributed by atoms with E-state index in [0.29, 0.717) is 17.9 Å². The highest BCUT2D eigenvalue weighted by Crippen LogP contribution is 2.22. The van der Waals surface area contributed by atoms with Gasteiger partial charge in [0.1, 0.15) is 18.2 Å². The molecule has 1 unspecified atom stereocenters. The van der Waals surface area contributed by atoms with Crippen LogP contribution in [0.4, 0.5) is 4.39 Å². The zero-order valence-corrected chi connectivity index (χ0v) is 11.4. The molecule has 1 aromatic rings. The quantitative estimate of drug-likeness (QED) is 0.743. The fourth-order valence-electron chi connectivity index (χ4n) is 1.63. The number of hydrogen-bond donors (Lipinski definition) is 1. The van der Waals surface area contributed by atoms with E-state index < -0.39 is 0 Å². The third kappa shape index (κ3) is 4.49. The molecule has 3 heteroatoms. The van der Waals surface area contributed by atoms with Crippen molar-refractivity contribution in [3.63, 3.8) is 0 Å².